The van der Waals surface area contributed by atoms with Crippen LogP contribution in [0.1, 0.15) is 48.1 Å². The van der Waals surface area contributed by atoms with Crippen LogP contribution in [0.2, 0.25) is 0 Å². The molecule has 1 aromatic heterocycles. The Morgan fingerprint density at radius 2 is 1.93 bits per heavy atom. The van der Waals surface area contributed by atoms with E-state index >= 15 is 0 Å². The van der Waals surface area contributed by atoms with Gasteiger partial charge in [-0.05, 0) is 42.7 Å². The Balaban J connectivity index is 1.61. The van der Waals surface area contributed by atoms with E-state index < -0.39 is 30.8 Å². The summed E-state index contributed by atoms with van der Waals surface area (Å²) in [6.45, 7) is 9.16. The van der Waals surface area contributed by atoms with E-state index in [1.54, 1.807) is 18.2 Å². The number of benzene rings is 2. The molecule has 1 aliphatic heterocycles. The molecule has 0 fully saturated rings. The molecule has 2 heterocycles. The van der Waals surface area contributed by atoms with Gasteiger partial charge in [0.05, 0.1) is 16.9 Å². The summed E-state index contributed by atoms with van der Waals surface area (Å²) in [4.78, 5) is 40.0. The van der Waals surface area contributed by atoms with Gasteiger partial charge in [-0.1, -0.05) is 60.3 Å². The number of aromatic nitrogens is 2. The predicted molar refractivity (Wildman–Crippen MR) is 149 cm³/mol. The predicted octanol–water partition coefficient (Wildman–Crippen LogP) is 4.47. The Kier molecular flexibility index (Phi) is 8.97. The van der Waals surface area contributed by atoms with Gasteiger partial charge >= 0.3 is 17.7 Å². The minimum Gasteiger partial charge on any atom is -0.428 e. The third-order valence-corrected chi connectivity index (χ3v) is 6.06. The number of anilines is 2. The van der Waals surface area contributed by atoms with Gasteiger partial charge in [0.1, 0.15) is 0 Å². The van der Waals surface area contributed by atoms with E-state index in [1.807, 2.05) is 61.2 Å². The van der Waals surface area contributed by atoms with Crippen molar-refractivity contribution >= 4 is 34.5 Å². The number of allylic oxidation sites excluding steroid dienone is 5. The minimum absolute atomic E-state index is 0.312. The number of carbonyl (C=O) groups excluding carboxylic acids is 2. The molecule has 2 N–H and O–H groups in total. The molecule has 0 aliphatic carbocycles. The Morgan fingerprint density at radius 3 is 2.55 bits per heavy atom. The number of nitrogens with one attached hydrogen (secondary N) is 2. The van der Waals surface area contributed by atoms with Crippen molar-refractivity contribution < 1.29 is 28.3 Å². The average molecular weight is 547 g/mol. The largest absolute Gasteiger partial charge is 0.439 e. The normalized spacial score (nSPS) is 14.9. The molecular formula is C29H30N4O7. The highest BCUT2D eigenvalue weighted by Gasteiger charge is 2.33. The van der Waals surface area contributed by atoms with E-state index in [4.69, 9.17) is 14.2 Å². The zero-order valence-electron chi connectivity index (χ0n) is 22.4. The Morgan fingerprint density at radius 1 is 1.15 bits per heavy atom. The van der Waals surface area contributed by atoms with Crippen molar-refractivity contribution in [1.82, 2.24) is 10.1 Å². The zero-order valence-corrected chi connectivity index (χ0v) is 22.4. The molecule has 11 heteroatoms. The van der Waals surface area contributed by atoms with Gasteiger partial charge in [-0.25, -0.2) is 9.59 Å². The molecule has 0 radical (unpaired) electrons. The van der Waals surface area contributed by atoms with E-state index in [2.05, 4.69) is 26.6 Å². The molecule has 40 heavy (non-hydrogen) atoms. The highest BCUT2D eigenvalue weighted by Crippen LogP contribution is 2.39. The number of rotatable bonds is 11. The maximum absolute atomic E-state index is 12.9. The second kappa shape index (κ2) is 12.8. The molecule has 4 rings (SSSR count). The summed E-state index contributed by atoms with van der Waals surface area (Å²) in [7, 11) is 0. The monoisotopic (exact) mass is 546 g/mol. The first kappa shape index (κ1) is 28.1. The number of para-hydroxylation sites is 1. The molecule has 0 amide bonds. The number of fused-ring (bicyclic) bond motifs is 1. The molecular weight excluding hydrogens is 516 g/mol. The highest BCUT2D eigenvalue weighted by atomic mass is 16.7. The summed E-state index contributed by atoms with van der Waals surface area (Å²) in [6, 6.07) is 13.1. The maximum Gasteiger partial charge on any atom is 0.439 e. The summed E-state index contributed by atoms with van der Waals surface area (Å²) in [5.74, 6) is -1.49. The molecule has 2 aromatic carbocycles. The first-order valence-corrected chi connectivity index (χ1v) is 12.6. The van der Waals surface area contributed by atoms with Crippen molar-refractivity contribution in [1.29, 1.82) is 0 Å². The Labute approximate surface area is 230 Å². The van der Waals surface area contributed by atoms with Crippen LogP contribution < -0.4 is 16.0 Å². The lowest BCUT2D eigenvalue weighted by atomic mass is 9.95. The fourth-order valence-electron chi connectivity index (χ4n) is 4.37. The van der Waals surface area contributed by atoms with Crippen molar-refractivity contribution in [3.63, 3.8) is 0 Å². The molecule has 0 bridgehead atoms. The number of aromatic amines is 1. The van der Waals surface area contributed by atoms with Gasteiger partial charge in [0.15, 0.2) is 5.82 Å². The van der Waals surface area contributed by atoms with Crippen LogP contribution in [0.15, 0.2) is 76.6 Å². The van der Waals surface area contributed by atoms with Crippen molar-refractivity contribution in [3.8, 4) is 0 Å². The van der Waals surface area contributed by atoms with Gasteiger partial charge in [0, 0.05) is 25.6 Å². The summed E-state index contributed by atoms with van der Waals surface area (Å²) >= 11 is 0. The van der Waals surface area contributed by atoms with E-state index in [-0.39, 0.29) is 0 Å². The van der Waals surface area contributed by atoms with Crippen LogP contribution in [-0.2, 0) is 25.5 Å². The highest BCUT2D eigenvalue weighted by molar-refractivity contribution is 6.04. The summed E-state index contributed by atoms with van der Waals surface area (Å²) in [5, 5.41) is 7.12. The van der Waals surface area contributed by atoms with E-state index in [1.165, 1.54) is 6.92 Å². The molecule has 1 unspecified atom stereocenters. The molecule has 11 nitrogen and oxygen atoms in total. The first-order valence-electron chi connectivity index (χ1n) is 12.6. The molecule has 0 spiro atoms. The van der Waals surface area contributed by atoms with Crippen molar-refractivity contribution in [2.45, 2.75) is 33.7 Å². The lowest BCUT2D eigenvalue weighted by Crippen LogP contribution is -2.38. The first-order chi connectivity index (χ1) is 19.4. The number of nitrogens with zero attached hydrogens (tertiary/aromatic N) is 2. The fraction of sp³-hybridized carbons (Fsp3) is 0.241. The zero-order chi connectivity index (χ0) is 28.6. The fourth-order valence-corrected chi connectivity index (χ4v) is 4.37. The van der Waals surface area contributed by atoms with Gasteiger partial charge in [-0.3, -0.25) is 14.3 Å². The van der Waals surface area contributed by atoms with Crippen LogP contribution in [0.25, 0.3) is 11.1 Å². The maximum atomic E-state index is 12.9. The van der Waals surface area contributed by atoms with Crippen molar-refractivity contribution in [3.05, 3.63) is 100 Å². The van der Waals surface area contributed by atoms with Gasteiger partial charge in [0.25, 0.3) is 0 Å². The lowest BCUT2D eigenvalue weighted by Gasteiger charge is -2.27. The second-order valence-corrected chi connectivity index (χ2v) is 8.63. The summed E-state index contributed by atoms with van der Waals surface area (Å²) in [6.07, 6.45) is 4.80. The van der Waals surface area contributed by atoms with Crippen LogP contribution in [-0.4, -0.2) is 41.8 Å². The second-order valence-electron chi connectivity index (χ2n) is 8.63. The van der Waals surface area contributed by atoms with Crippen LogP contribution in [0, 0.1) is 0 Å². The lowest BCUT2D eigenvalue weighted by molar-refractivity contribution is -0.149. The van der Waals surface area contributed by atoms with Crippen LogP contribution in [0.4, 0.5) is 11.4 Å². The van der Waals surface area contributed by atoms with Gasteiger partial charge in [0.2, 0.25) is 13.1 Å². The number of hydrogen-bond donors (Lipinski definition) is 2. The number of hydrogen-bond acceptors (Lipinski definition) is 10. The minimum atomic E-state index is -0.638. The molecule has 208 valence electrons. The average Bonchev–Trinajstić information content (AvgIpc) is 3.52. The topological polar surface area (TPSA) is 136 Å². The standard InChI is InChI=1S/C29H30N4O7/c1-5-9-22(21(6-2)26-31-29(36)40-32-26)20-14-12-19(13-15-20)16-33-25-23(27(35)39-17-38-18(4)34)10-8-11-24(25)30-28(33)37-7-3/h5-6,8-15,28,30H,1,7,16-17H2,2-4H3,(H,31,32,36)/b21-6+,22-9-. The SMILES string of the molecule is C=C/C=C(\C(=C/C)c1noc(=O)[nH]1)c1ccc(CN2c3c(cccc3C(=O)OCOC(C)=O)NC2OCC)cc1. The van der Waals surface area contributed by atoms with E-state index in [0.29, 0.717) is 41.5 Å². The third kappa shape index (κ3) is 6.21. The number of ether oxygens (including phenoxy) is 3. The smallest absolute Gasteiger partial charge is 0.428 e. The van der Waals surface area contributed by atoms with Gasteiger partial charge < -0.3 is 24.4 Å². The van der Waals surface area contributed by atoms with Crippen molar-refractivity contribution in [2.75, 3.05) is 23.6 Å². The summed E-state index contributed by atoms with van der Waals surface area (Å²) in [5.41, 5.74) is 4.95. The van der Waals surface area contributed by atoms with Crippen LogP contribution in [0.3, 0.4) is 0 Å². The van der Waals surface area contributed by atoms with Crippen LogP contribution in [0.5, 0.6) is 0 Å². The van der Waals surface area contributed by atoms with Gasteiger partial charge in [-0.2, -0.15) is 0 Å². The van der Waals surface area contributed by atoms with E-state index in [0.717, 1.165) is 16.7 Å². The molecule has 3 aromatic rings. The van der Waals surface area contributed by atoms with Crippen molar-refractivity contribution in [2.24, 2.45) is 0 Å². The van der Waals surface area contributed by atoms with Crippen LogP contribution >= 0.6 is 0 Å². The molecule has 1 atom stereocenters. The Bertz CT molecular complexity index is 1500. The third-order valence-electron chi connectivity index (χ3n) is 6.06. The molecule has 0 saturated heterocycles. The summed E-state index contributed by atoms with van der Waals surface area (Å²) < 4.78 is 20.5. The Hall–Kier alpha value is -4.90. The quantitative estimate of drug-likeness (QED) is 0.201. The number of carbonyl (C=O) groups is 2. The number of H-pyrrole nitrogens is 1. The molecule has 0 saturated carbocycles. The number of esters is 2. The van der Waals surface area contributed by atoms with Gasteiger partial charge in [-0.15, -0.1) is 0 Å². The van der Waals surface area contributed by atoms with E-state index in [9.17, 15) is 14.4 Å². The molecule has 1 aliphatic rings.